The van der Waals surface area contributed by atoms with Crippen LogP contribution < -0.4 is 10.6 Å². The van der Waals surface area contributed by atoms with Gasteiger partial charge in [-0.15, -0.1) is 11.8 Å². The van der Waals surface area contributed by atoms with Crippen molar-refractivity contribution in [2.45, 2.75) is 31.6 Å². The Labute approximate surface area is 122 Å². The monoisotopic (exact) mass is 306 g/mol. The van der Waals surface area contributed by atoms with E-state index >= 15 is 0 Å². The fourth-order valence-corrected chi connectivity index (χ4v) is 2.32. The van der Waals surface area contributed by atoms with Crippen LogP contribution in [0.1, 0.15) is 20.3 Å². The summed E-state index contributed by atoms with van der Waals surface area (Å²) in [5.74, 6) is -1.10. The average Bonchev–Trinajstić information content (AvgIpc) is 2.36. The number of carbonyl (C=O) groups excluding carboxylic acids is 2. The summed E-state index contributed by atoms with van der Waals surface area (Å²) in [6.07, 6.45) is 0.273. The normalized spacial score (nSPS) is 13.3. The molecule has 0 spiro atoms. The first-order valence-electron chi connectivity index (χ1n) is 6.26. The van der Waals surface area contributed by atoms with Gasteiger partial charge in [-0.25, -0.2) is 4.79 Å². The van der Waals surface area contributed by atoms with E-state index < -0.39 is 12.0 Å². The van der Waals surface area contributed by atoms with E-state index in [1.165, 1.54) is 18.7 Å². The molecule has 116 valence electrons. The van der Waals surface area contributed by atoms with Crippen LogP contribution in [-0.2, 0) is 19.1 Å². The predicted molar refractivity (Wildman–Crippen MR) is 76.7 cm³/mol. The highest BCUT2D eigenvalue weighted by Crippen LogP contribution is 2.13. The van der Waals surface area contributed by atoms with Gasteiger partial charge in [0, 0.05) is 20.6 Å². The third-order valence-electron chi connectivity index (χ3n) is 2.42. The number of hydrogen-bond acceptors (Lipinski definition) is 5. The molecule has 2 unspecified atom stereocenters. The summed E-state index contributed by atoms with van der Waals surface area (Å²) in [5.41, 5.74) is 0. The Morgan fingerprint density at radius 3 is 2.50 bits per heavy atom. The maximum Gasteiger partial charge on any atom is 0.326 e. The lowest BCUT2D eigenvalue weighted by Crippen LogP contribution is -2.40. The molecule has 0 aliphatic heterocycles. The highest BCUT2D eigenvalue weighted by Gasteiger charge is 2.19. The van der Waals surface area contributed by atoms with Gasteiger partial charge < -0.3 is 20.5 Å². The second-order valence-electron chi connectivity index (χ2n) is 4.18. The summed E-state index contributed by atoms with van der Waals surface area (Å²) in [7, 11) is 1.55. The van der Waals surface area contributed by atoms with Crippen molar-refractivity contribution in [1.82, 2.24) is 10.6 Å². The second-order valence-corrected chi connectivity index (χ2v) is 5.63. The molecule has 0 heterocycles. The summed E-state index contributed by atoms with van der Waals surface area (Å²) in [5, 5.41) is 13.7. The maximum absolute atomic E-state index is 11.6. The van der Waals surface area contributed by atoms with Gasteiger partial charge in [0.05, 0.1) is 11.9 Å². The van der Waals surface area contributed by atoms with Crippen LogP contribution >= 0.6 is 11.8 Å². The topological polar surface area (TPSA) is 105 Å². The molecule has 3 N–H and O–H groups in total. The van der Waals surface area contributed by atoms with Crippen LogP contribution in [-0.4, -0.2) is 60.2 Å². The number of carboxylic acids is 1. The Balaban J connectivity index is 3.98. The summed E-state index contributed by atoms with van der Waals surface area (Å²) < 4.78 is 4.82. The lowest BCUT2D eigenvalue weighted by molar-refractivity contribution is -0.141. The number of hydrogen-bond donors (Lipinski definition) is 3. The first kappa shape index (κ1) is 18.7. The number of methoxy groups -OCH3 is 1. The molecule has 0 aromatic rings. The van der Waals surface area contributed by atoms with Gasteiger partial charge in [-0.2, -0.15) is 0 Å². The molecule has 2 atom stereocenters. The average molecular weight is 306 g/mol. The van der Waals surface area contributed by atoms with Crippen LogP contribution in [0.2, 0.25) is 0 Å². The number of carbonyl (C=O) groups is 3. The minimum Gasteiger partial charge on any atom is -0.480 e. The van der Waals surface area contributed by atoms with Crippen molar-refractivity contribution in [3.8, 4) is 0 Å². The molecule has 2 amide bonds. The number of carboxylic acid groups (broad SMARTS) is 1. The number of ether oxygens (including phenoxy) is 1. The van der Waals surface area contributed by atoms with Crippen LogP contribution in [0.15, 0.2) is 0 Å². The standard InChI is InChI=1S/C12H22N2O5S/c1-8(11(16)13-5-6-19-3)20-7-4-10(12(17)18)14-9(2)15/h8,10H,4-7H2,1-3H3,(H,13,16)(H,14,15)(H,17,18). The van der Waals surface area contributed by atoms with Crippen LogP contribution in [0, 0.1) is 0 Å². The molecule has 0 aliphatic carbocycles. The maximum atomic E-state index is 11.6. The second kappa shape index (κ2) is 10.5. The van der Waals surface area contributed by atoms with Crippen LogP contribution in [0.5, 0.6) is 0 Å². The molecule has 0 saturated carbocycles. The van der Waals surface area contributed by atoms with Gasteiger partial charge in [0.2, 0.25) is 11.8 Å². The first-order chi connectivity index (χ1) is 9.38. The molecule has 0 aromatic carbocycles. The fraction of sp³-hybridized carbons (Fsp3) is 0.750. The van der Waals surface area contributed by atoms with E-state index in [-0.39, 0.29) is 23.5 Å². The Hall–Kier alpha value is -1.28. The Morgan fingerprint density at radius 2 is 2.00 bits per heavy atom. The zero-order valence-corrected chi connectivity index (χ0v) is 12.8. The van der Waals surface area contributed by atoms with Crippen LogP contribution in [0.25, 0.3) is 0 Å². The first-order valence-corrected chi connectivity index (χ1v) is 7.31. The SMILES string of the molecule is COCCNC(=O)C(C)SCCC(NC(C)=O)C(=O)O. The third kappa shape index (κ3) is 8.76. The van der Waals surface area contributed by atoms with Crippen molar-refractivity contribution in [1.29, 1.82) is 0 Å². The molecular formula is C12H22N2O5S. The molecule has 0 fully saturated rings. The Morgan fingerprint density at radius 1 is 1.35 bits per heavy atom. The molecular weight excluding hydrogens is 284 g/mol. The van der Waals surface area contributed by atoms with E-state index in [0.717, 1.165) is 0 Å². The van der Waals surface area contributed by atoms with Gasteiger partial charge in [-0.05, 0) is 19.1 Å². The molecule has 0 aromatic heterocycles. The summed E-state index contributed by atoms with van der Waals surface area (Å²) in [6.45, 7) is 3.92. The molecule has 0 aliphatic rings. The largest absolute Gasteiger partial charge is 0.480 e. The number of nitrogens with one attached hydrogen (secondary N) is 2. The van der Waals surface area contributed by atoms with E-state index in [4.69, 9.17) is 9.84 Å². The van der Waals surface area contributed by atoms with Crippen molar-refractivity contribution in [2.24, 2.45) is 0 Å². The fourth-order valence-electron chi connectivity index (χ4n) is 1.36. The van der Waals surface area contributed by atoms with E-state index in [9.17, 15) is 14.4 Å². The van der Waals surface area contributed by atoms with Gasteiger partial charge in [-0.1, -0.05) is 0 Å². The minimum atomic E-state index is -1.07. The quantitative estimate of drug-likeness (QED) is 0.485. The number of aliphatic carboxylic acids is 1. The zero-order valence-electron chi connectivity index (χ0n) is 12.0. The van der Waals surface area contributed by atoms with Gasteiger partial charge >= 0.3 is 5.97 Å². The van der Waals surface area contributed by atoms with Crippen molar-refractivity contribution in [3.63, 3.8) is 0 Å². The molecule has 0 radical (unpaired) electrons. The minimum absolute atomic E-state index is 0.113. The van der Waals surface area contributed by atoms with Crippen LogP contribution in [0.3, 0.4) is 0 Å². The molecule has 0 bridgehead atoms. The number of rotatable bonds is 10. The lowest BCUT2D eigenvalue weighted by atomic mass is 10.2. The number of thioether (sulfide) groups is 1. The summed E-state index contributed by atoms with van der Waals surface area (Å²) >= 11 is 1.35. The van der Waals surface area contributed by atoms with E-state index in [0.29, 0.717) is 18.9 Å². The lowest BCUT2D eigenvalue weighted by Gasteiger charge is -2.15. The highest BCUT2D eigenvalue weighted by molar-refractivity contribution is 8.00. The molecule has 8 heteroatoms. The third-order valence-corrected chi connectivity index (χ3v) is 3.61. The van der Waals surface area contributed by atoms with Gasteiger partial charge in [0.1, 0.15) is 6.04 Å². The van der Waals surface area contributed by atoms with Crippen molar-refractivity contribution in [3.05, 3.63) is 0 Å². The zero-order chi connectivity index (χ0) is 15.5. The molecule has 0 rings (SSSR count). The molecule has 20 heavy (non-hydrogen) atoms. The van der Waals surface area contributed by atoms with Crippen molar-refractivity contribution >= 4 is 29.5 Å². The van der Waals surface area contributed by atoms with Crippen LogP contribution in [0.4, 0.5) is 0 Å². The smallest absolute Gasteiger partial charge is 0.326 e. The molecule has 0 saturated heterocycles. The molecule has 7 nitrogen and oxygen atoms in total. The number of amides is 2. The van der Waals surface area contributed by atoms with Gasteiger partial charge in [0.15, 0.2) is 0 Å². The van der Waals surface area contributed by atoms with E-state index in [1.807, 2.05) is 0 Å². The Kier molecular flexibility index (Phi) is 9.83. The highest BCUT2D eigenvalue weighted by atomic mass is 32.2. The van der Waals surface area contributed by atoms with Crippen molar-refractivity contribution < 1.29 is 24.2 Å². The van der Waals surface area contributed by atoms with Gasteiger partial charge in [0.25, 0.3) is 0 Å². The van der Waals surface area contributed by atoms with E-state index in [1.54, 1.807) is 14.0 Å². The van der Waals surface area contributed by atoms with Gasteiger partial charge in [-0.3, -0.25) is 9.59 Å². The predicted octanol–water partition coefficient (Wildman–Crippen LogP) is -0.150. The van der Waals surface area contributed by atoms with Crippen molar-refractivity contribution in [2.75, 3.05) is 26.0 Å². The van der Waals surface area contributed by atoms with E-state index in [2.05, 4.69) is 10.6 Å². The Bertz CT molecular complexity index is 338. The summed E-state index contributed by atoms with van der Waals surface area (Å²) in [4.78, 5) is 33.4. The summed E-state index contributed by atoms with van der Waals surface area (Å²) in [6, 6.07) is -0.913.